The molecule has 1 fully saturated rings. The highest BCUT2D eigenvalue weighted by atomic mass is 16.5. The van der Waals surface area contributed by atoms with E-state index in [1.165, 1.54) is 11.3 Å². The second-order valence-electron chi connectivity index (χ2n) is 6.64. The van der Waals surface area contributed by atoms with Crippen molar-refractivity contribution < 1.29 is 9.53 Å². The maximum absolute atomic E-state index is 12.6. The molecule has 1 aliphatic heterocycles. The molecule has 0 saturated carbocycles. The van der Waals surface area contributed by atoms with E-state index in [4.69, 9.17) is 4.74 Å². The molecule has 2 aromatic carbocycles. The number of aryl methyl sites for hydroxylation is 2. The first kappa shape index (κ1) is 17.3. The molecule has 1 amide bonds. The monoisotopic (exact) mass is 338 g/mol. The highest BCUT2D eigenvalue weighted by molar-refractivity contribution is 5.79. The zero-order valence-corrected chi connectivity index (χ0v) is 15.3. The largest absolute Gasteiger partial charge is 0.496 e. The zero-order valence-electron chi connectivity index (χ0n) is 15.3. The van der Waals surface area contributed by atoms with Gasteiger partial charge in [-0.1, -0.05) is 30.3 Å². The molecule has 0 N–H and O–H groups in total. The van der Waals surface area contributed by atoms with Gasteiger partial charge in [-0.25, -0.2) is 0 Å². The highest BCUT2D eigenvalue weighted by Gasteiger charge is 2.22. The van der Waals surface area contributed by atoms with Crippen LogP contribution in [0.1, 0.15) is 16.7 Å². The SMILES string of the molecule is COc1cc(CC(=O)N2CCN(c3ccccc3C)CC2)ccc1C. The first-order valence-electron chi connectivity index (χ1n) is 8.80. The summed E-state index contributed by atoms with van der Waals surface area (Å²) in [5.74, 6) is 1.03. The van der Waals surface area contributed by atoms with Gasteiger partial charge in [-0.2, -0.15) is 0 Å². The molecule has 132 valence electrons. The van der Waals surface area contributed by atoms with Crippen LogP contribution in [0.5, 0.6) is 5.75 Å². The number of hydrogen-bond donors (Lipinski definition) is 0. The number of methoxy groups -OCH3 is 1. The maximum Gasteiger partial charge on any atom is 0.227 e. The quantitative estimate of drug-likeness (QED) is 0.858. The number of carbonyl (C=O) groups is 1. The summed E-state index contributed by atoms with van der Waals surface area (Å²) in [5.41, 5.74) is 4.66. The van der Waals surface area contributed by atoms with Crippen molar-refractivity contribution in [2.24, 2.45) is 0 Å². The van der Waals surface area contributed by atoms with Gasteiger partial charge in [0, 0.05) is 31.9 Å². The predicted molar refractivity (Wildman–Crippen MR) is 101 cm³/mol. The summed E-state index contributed by atoms with van der Waals surface area (Å²) in [5, 5.41) is 0. The minimum atomic E-state index is 0.190. The Balaban J connectivity index is 1.59. The molecule has 25 heavy (non-hydrogen) atoms. The third-order valence-corrected chi connectivity index (χ3v) is 4.92. The van der Waals surface area contributed by atoms with Crippen molar-refractivity contribution in [1.29, 1.82) is 0 Å². The van der Waals surface area contributed by atoms with E-state index in [9.17, 15) is 4.79 Å². The lowest BCUT2D eigenvalue weighted by Crippen LogP contribution is -2.49. The van der Waals surface area contributed by atoms with Crippen LogP contribution in [0.4, 0.5) is 5.69 Å². The van der Waals surface area contributed by atoms with Gasteiger partial charge in [-0.05, 0) is 42.7 Å². The van der Waals surface area contributed by atoms with Gasteiger partial charge in [0.25, 0.3) is 0 Å². The summed E-state index contributed by atoms with van der Waals surface area (Å²) < 4.78 is 5.36. The van der Waals surface area contributed by atoms with Crippen LogP contribution in [0, 0.1) is 13.8 Å². The fourth-order valence-corrected chi connectivity index (χ4v) is 3.38. The van der Waals surface area contributed by atoms with Crippen LogP contribution in [-0.4, -0.2) is 44.1 Å². The lowest BCUT2D eigenvalue weighted by Gasteiger charge is -2.37. The van der Waals surface area contributed by atoms with Crippen molar-refractivity contribution in [3.8, 4) is 5.75 Å². The van der Waals surface area contributed by atoms with E-state index in [-0.39, 0.29) is 5.91 Å². The second kappa shape index (κ2) is 7.60. The number of rotatable bonds is 4. The van der Waals surface area contributed by atoms with Crippen LogP contribution in [0.2, 0.25) is 0 Å². The lowest BCUT2D eigenvalue weighted by molar-refractivity contribution is -0.130. The van der Waals surface area contributed by atoms with Gasteiger partial charge in [0.2, 0.25) is 5.91 Å². The van der Waals surface area contributed by atoms with E-state index < -0.39 is 0 Å². The topological polar surface area (TPSA) is 32.8 Å². The number of benzene rings is 2. The van der Waals surface area contributed by atoms with Crippen molar-refractivity contribution in [3.63, 3.8) is 0 Å². The van der Waals surface area contributed by atoms with Crippen molar-refractivity contribution >= 4 is 11.6 Å². The summed E-state index contributed by atoms with van der Waals surface area (Å²) in [7, 11) is 1.67. The number of amides is 1. The van der Waals surface area contributed by atoms with Crippen LogP contribution < -0.4 is 9.64 Å². The number of para-hydroxylation sites is 1. The molecule has 4 heteroatoms. The number of anilines is 1. The van der Waals surface area contributed by atoms with E-state index in [0.717, 1.165) is 43.1 Å². The van der Waals surface area contributed by atoms with Gasteiger partial charge in [0.1, 0.15) is 5.75 Å². The number of ether oxygens (including phenoxy) is 1. The molecule has 0 unspecified atom stereocenters. The Labute approximate surface area is 150 Å². The van der Waals surface area contributed by atoms with E-state index in [1.807, 2.05) is 30.0 Å². The molecular formula is C21H26N2O2. The number of carbonyl (C=O) groups excluding carboxylic acids is 1. The number of piperazine rings is 1. The van der Waals surface area contributed by atoms with Crippen molar-refractivity contribution in [2.45, 2.75) is 20.3 Å². The predicted octanol–water partition coefficient (Wildman–Crippen LogP) is 3.20. The Bertz CT molecular complexity index is 749. The van der Waals surface area contributed by atoms with Crippen molar-refractivity contribution in [3.05, 3.63) is 59.2 Å². The molecule has 0 radical (unpaired) electrons. The Morgan fingerprint density at radius 2 is 1.72 bits per heavy atom. The smallest absolute Gasteiger partial charge is 0.227 e. The van der Waals surface area contributed by atoms with E-state index in [2.05, 4.69) is 36.1 Å². The minimum absolute atomic E-state index is 0.190. The summed E-state index contributed by atoms with van der Waals surface area (Å²) in [4.78, 5) is 17.0. The van der Waals surface area contributed by atoms with Gasteiger partial charge >= 0.3 is 0 Å². The molecule has 0 spiro atoms. The molecule has 1 aliphatic rings. The molecule has 4 nitrogen and oxygen atoms in total. The number of nitrogens with zero attached hydrogens (tertiary/aromatic N) is 2. The van der Waals surface area contributed by atoms with Crippen molar-refractivity contribution in [2.75, 3.05) is 38.2 Å². The van der Waals surface area contributed by atoms with E-state index >= 15 is 0 Å². The standard InChI is InChI=1S/C21H26N2O2/c1-16-6-4-5-7-19(16)22-10-12-23(13-11-22)21(24)15-18-9-8-17(2)20(14-18)25-3/h4-9,14H,10-13,15H2,1-3H3. The normalized spacial score (nSPS) is 14.5. The summed E-state index contributed by atoms with van der Waals surface area (Å²) in [6.07, 6.45) is 0.432. The van der Waals surface area contributed by atoms with Crippen LogP contribution in [0.3, 0.4) is 0 Å². The molecule has 1 saturated heterocycles. The van der Waals surface area contributed by atoms with Gasteiger partial charge < -0.3 is 14.5 Å². The van der Waals surface area contributed by atoms with Crippen LogP contribution in [0.15, 0.2) is 42.5 Å². The average Bonchev–Trinajstić information content (AvgIpc) is 2.64. The molecule has 0 atom stereocenters. The number of hydrogen-bond acceptors (Lipinski definition) is 3. The molecule has 0 bridgehead atoms. The first-order valence-corrected chi connectivity index (χ1v) is 8.80. The van der Waals surface area contributed by atoms with Gasteiger partial charge in [0.05, 0.1) is 13.5 Å². The van der Waals surface area contributed by atoms with Gasteiger partial charge in [0.15, 0.2) is 0 Å². The Morgan fingerprint density at radius 3 is 2.40 bits per heavy atom. The summed E-state index contributed by atoms with van der Waals surface area (Å²) in [6, 6.07) is 14.4. The second-order valence-corrected chi connectivity index (χ2v) is 6.64. The average molecular weight is 338 g/mol. The van der Waals surface area contributed by atoms with E-state index in [0.29, 0.717) is 6.42 Å². The van der Waals surface area contributed by atoms with E-state index in [1.54, 1.807) is 7.11 Å². The summed E-state index contributed by atoms with van der Waals surface area (Å²) in [6.45, 7) is 7.46. The lowest BCUT2D eigenvalue weighted by atomic mass is 10.1. The molecule has 0 aromatic heterocycles. The Morgan fingerprint density at radius 1 is 1.00 bits per heavy atom. The third-order valence-electron chi connectivity index (χ3n) is 4.92. The van der Waals surface area contributed by atoms with Gasteiger partial charge in [-0.3, -0.25) is 4.79 Å². The minimum Gasteiger partial charge on any atom is -0.496 e. The van der Waals surface area contributed by atoms with Crippen LogP contribution >= 0.6 is 0 Å². The Kier molecular flexibility index (Phi) is 5.27. The maximum atomic E-state index is 12.6. The summed E-state index contributed by atoms with van der Waals surface area (Å²) >= 11 is 0. The Hall–Kier alpha value is -2.49. The molecule has 2 aromatic rings. The molecule has 1 heterocycles. The highest BCUT2D eigenvalue weighted by Crippen LogP contribution is 2.22. The first-order chi connectivity index (χ1) is 12.1. The van der Waals surface area contributed by atoms with Crippen LogP contribution in [0.25, 0.3) is 0 Å². The van der Waals surface area contributed by atoms with Crippen molar-refractivity contribution in [1.82, 2.24) is 4.90 Å². The van der Waals surface area contributed by atoms with Gasteiger partial charge in [-0.15, -0.1) is 0 Å². The fraction of sp³-hybridized carbons (Fsp3) is 0.381. The third kappa shape index (κ3) is 3.95. The fourth-order valence-electron chi connectivity index (χ4n) is 3.38. The molecular weight excluding hydrogens is 312 g/mol. The molecule has 3 rings (SSSR count). The zero-order chi connectivity index (χ0) is 17.8. The molecule has 0 aliphatic carbocycles. The van der Waals surface area contributed by atoms with Crippen LogP contribution in [-0.2, 0) is 11.2 Å².